The fourth-order valence-corrected chi connectivity index (χ4v) is 3.27. The summed E-state index contributed by atoms with van der Waals surface area (Å²) in [6, 6.07) is 10.7. The van der Waals surface area contributed by atoms with Crippen molar-refractivity contribution in [1.82, 2.24) is 0 Å². The second kappa shape index (κ2) is 7.09. The van der Waals surface area contributed by atoms with E-state index in [4.69, 9.17) is 0 Å². The number of benzene rings is 1. The Morgan fingerprint density at radius 1 is 1.36 bits per heavy atom. The Bertz CT molecular complexity index is 269. The molecular weight excluding hydrogens is 207 g/mol. The molecule has 0 N–H and O–H groups in total. The number of thioether (sulfide) groups is 1. The van der Waals surface area contributed by atoms with Crippen LogP contribution in [0.1, 0.15) is 6.92 Å². The molecule has 0 aliphatic rings. The number of hydrogen-bond acceptors (Lipinski definition) is 1. The summed E-state index contributed by atoms with van der Waals surface area (Å²) in [6.07, 6.45) is 1.29. The van der Waals surface area contributed by atoms with Crippen molar-refractivity contribution >= 4 is 25.6 Å². The number of hydrogen-bond donors (Lipinski definition) is 0. The molecule has 1 rings (SSSR count). The molecule has 0 heterocycles. The van der Waals surface area contributed by atoms with Crippen molar-refractivity contribution in [2.45, 2.75) is 6.92 Å². The largest absolute Gasteiger partial charge is 0.157 e. The van der Waals surface area contributed by atoms with E-state index in [9.17, 15) is 0 Å². The molecule has 14 heavy (non-hydrogen) atoms. The summed E-state index contributed by atoms with van der Waals surface area (Å²) in [6.45, 7) is 5.98. The van der Waals surface area contributed by atoms with Gasteiger partial charge in [0, 0.05) is 5.75 Å². The first kappa shape index (κ1) is 11.8. The van der Waals surface area contributed by atoms with Gasteiger partial charge in [-0.25, -0.2) is 0 Å². The van der Waals surface area contributed by atoms with E-state index in [1.807, 2.05) is 11.8 Å². The summed E-state index contributed by atoms with van der Waals surface area (Å²) >= 11 is 1.99. The summed E-state index contributed by atoms with van der Waals surface area (Å²) in [5, 5.41) is 1.48. The molecule has 0 aliphatic heterocycles. The van der Waals surface area contributed by atoms with Gasteiger partial charge in [-0.05, 0) is 24.1 Å². The van der Waals surface area contributed by atoms with E-state index < -0.39 is 0 Å². The third kappa shape index (κ3) is 5.47. The fraction of sp³-hybridized carbons (Fsp3) is 0.333. The van der Waals surface area contributed by atoms with E-state index in [1.165, 1.54) is 22.8 Å². The van der Waals surface area contributed by atoms with Gasteiger partial charge in [-0.1, -0.05) is 51.1 Å². The van der Waals surface area contributed by atoms with Gasteiger partial charge in [0.25, 0.3) is 0 Å². The van der Waals surface area contributed by atoms with Crippen molar-refractivity contribution in [2.75, 3.05) is 17.7 Å². The van der Waals surface area contributed by atoms with Crippen molar-refractivity contribution in [3.05, 3.63) is 42.5 Å². The van der Waals surface area contributed by atoms with Crippen LogP contribution >= 0.6 is 20.3 Å². The predicted molar refractivity (Wildman–Crippen MR) is 71.4 cm³/mol. The van der Waals surface area contributed by atoms with Crippen LogP contribution in [0.4, 0.5) is 0 Å². The molecular formula is C12H17PS. The molecule has 1 unspecified atom stereocenters. The zero-order valence-corrected chi connectivity index (χ0v) is 10.4. The van der Waals surface area contributed by atoms with Gasteiger partial charge in [-0.3, -0.25) is 0 Å². The van der Waals surface area contributed by atoms with Crippen molar-refractivity contribution < 1.29 is 0 Å². The van der Waals surface area contributed by atoms with Gasteiger partial charge in [0.2, 0.25) is 0 Å². The molecule has 0 fully saturated rings. The van der Waals surface area contributed by atoms with Gasteiger partial charge in [-0.15, -0.1) is 0 Å². The SMILES string of the molecule is C=C(C)CSCCPc1ccccc1. The fourth-order valence-electron chi connectivity index (χ4n) is 1.07. The minimum absolute atomic E-state index is 0.957. The van der Waals surface area contributed by atoms with Gasteiger partial charge < -0.3 is 0 Å². The van der Waals surface area contributed by atoms with Crippen molar-refractivity contribution in [2.24, 2.45) is 0 Å². The highest BCUT2D eigenvalue weighted by Gasteiger charge is 1.92. The minimum atomic E-state index is 0.957. The van der Waals surface area contributed by atoms with Gasteiger partial charge in [0.05, 0.1) is 0 Å². The third-order valence-electron chi connectivity index (χ3n) is 1.70. The number of rotatable bonds is 6. The third-order valence-corrected chi connectivity index (χ3v) is 4.49. The first-order valence-electron chi connectivity index (χ1n) is 4.80. The highest BCUT2D eigenvalue weighted by molar-refractivity contribution is 7.99. The Morgan fingerprint density at radius 3 is 2.71 bits per heavy atom. The zero-order valence-electron chi connectivity index (χ0n) is 8.62. The molecule has 0 aromatic heterocycles. The van der Waals surface area contributed by atoms with Crippen LogP contribution in [0.5, 0.6) is 0 Å². The van der Waals surface area contributed by atoms with Gasteiger partial charge in [0.1, 0.15) is 0 Å². The molecule has 0 spiro atoms. The minimum Gasteiger partial charge on any atom is -0.157 e. The molecule has 1 aromatic carbocycles. The van der Waals surface area contributed by atoms with E-state index in [-0.39, 0.29) is 0 Å². The second-order valence-electron chi connectivity index (χ2n) is 3.30. The van der Waals surface area contributed by atoms with E-state index in [2.05, 4.69) is 43.8 Å². The highest BCUT2D eigenvalue weighted by Crippen LogP contribution is 2.14. The summed E-state index contributed by atoms with van der Waals surface area (Å²) in [4.78, 5) is 0. The molecule has 76 valence electrons. The van der Waals surface area contributed by atoms with Crippen LogP contribution in [-0.4, -0.2) is 17.7 Å². The van der Waals surface area contributed by atoms with Crippen LogP contribution in [0, 0.1) is 0 Å². The molecule has 0 saturated carbocycles. The van der Waals surface area contributed by atoms with E-state index in [1.54, 1.807) is 0 Å². The van der Waals surface area contributed by atoms with Crippen LogP contribution in [0.25, 0.3) is 0 Å². The lowest BCUT2D eigenvalue weighted by Gasteiger charge is -2.01. The maximum Gasteiger partial charge on any atom is 0.0137 e. The highest BCUT2D eigenvalue weighted by atomic mass is 32.2. The molecule has 1 aromatic rings. The summed E-state index contributed by atoms with van der Waals surface area (Å²) in [5.41, 5.74) is 1.28. The van der Waals surface area contributed by atoms with Gasteiger partial charge in [0.15, 0.2) is 0 Å². The van der Waals surface area contributed by atoms with Crippen LogP contribution in [-0.2, 0) is 0 Å². The molecule has 0 radical (unpaired) electrons. The lowest BCUT2D eigenvalue weighted by molar-refractivity contribution is 1.42. The Labute approximate surface area is 93.0 Å². The Balaban J connectivity index is 2.08. The smallest absolute Gasteiger partial charge is 0.0137 e. The predicted octanol–water partition coefficient (Wildman–Crippen LogP) is 3.30. The average Bonchev–Trinajstić information content (AvgIpc) is 2.18. The second-order valence-corrected chi connectivity index (χ2v) is 5.84. The molecule has 0 bridgehead atoms. The van der Waals surface area contributed by atoms with E-state index in [0.717, 1.165) is 14.3 Å². The van der Waals surface area contributed by atoms with Crippen molar-refractivity contribution in [1.29, 1.82) is 0 Å². The van der Waals surface area contributed by atoms with Crippen LogP contribution in [0.15, 0.2) is 42.5 Å². The standard InChI is InChI=1S/C12H17PS/c1-11(2)10-14-9-8-13-12-6-4-3-5-7-12/h3-7,13H,1,8-10H2,2H3. The van der Waals surface area contributed by atoms with Crippen molar-refractivity contribution in [3.63, 3.8) is 0 Å². The first-order valence-corrected chi connectivity index (χ1v) is 7.16. The molecule has 2 heteroatoms. The van der Waals surface area contributed by atoms with E-state index >= 15 is 0 Å². The molecule has 0 amide bonds. The molecule has 0 saturated heterocycles. The monoisotopic (exact) mass is 224 g/mol. The van der Waals surface area contributed by atoms with E-state index in [0.29, 0.717) is 0 Å². The van der Waals surface area contributed by atoms with Crippen LogP contribution in [0.3, 0.4) is 0 Å². The van der Waals surface area contributed by atoms with Crippen LogP contribution in [0.2, 0.25) is 0 Å². The van der Waals surface area contributed by atoms with Gasteiger partial charge in [-0.2, -0.15) is 11.8 Å². The first-order chi connectivity index (χ1) is 6.79. The Kier molecular flexibility index (Phi) is 5.98. The summed E-state index contributed by atoms with van der Waals surface area (Å²) in [5.74, 6) is 2.36. The molecule has 1 atom stereocenters. The zero-order chi connectivity index (χ0) is 10.2. The maximum atomic E-state index is 3.89. The molecule has 0 aliphatic carbocycles. The average molecular weight is 224 g/mol. The quantitative estimate of drug-likeness (QED) is 0.406. The van der Waals surface area contributed by atoms with Crippen molar-refractivity contribution in [3.8, 4) is 0 Å². The lowest BCUT2D eigenvalue weighted by Crippen LogP contribution is -1.95. The topological polar surface area (TPSA) is 0 Å². The summed E-state index contributed by atoms with van der Waals surface area (Å²) < 4.78 is 0. The van der Waals surface area contributed by atoms with Crippen LogP contribution < -0.4 is 5.30 Å². The van der Waals surface area contributed by atoms with Gasteiger partial charge >= 0.3 is 0 Å². The summed E-state index contributed by atoms with van der Waals surface area (Å²) in [7, 11) is 0.957. The lowest BCUT2D eigenvalue weighted by atomic mass is 10.4. The molecule has 0 nitrogen and oxygen atoms in total. The Morgan fingerprint density at radius 2 is 2.07 bits per heavy atom. The Hall–Kier alpha value is -0.260. The normalized spacial score (nSPS) is 10.9. The maximum absolute atomic E-state index is 3.89.